The van der Waals surface area contributed by atoms with Crippen molar-refractivity contribution in [3.63, 3.8) is 0 Å². The van der Waals surface area contributed by atoms with E-state index < -0.39 is 0 Å². The molecule has 0 fully saturated rings. The van der Waals surface area contributed by atoms with E-state index in [0.717, 1.165) is 34.1 Å². The van der Waals surface area contributed by atoms with Gasteiger partial charge in [-0.05, 0) is 44.8 Å². The Labute approximate surface area is 207 Å². The number of guanidine groups is 1. The average molecular weight is 548 g/mol. The van der Waals surface area contributed by atoms with Crippen LogP contribution in [0.15, 0.2) is 65.9 Å². The molecule has 0 radical (unpaired) electrons. The second kappa shape index (κ2) is 12.4. The van der Waals surface area contributed by atoms with Gasteiger partial charge in [-0.2, -0.15) is 5.10 Å². The van der Waals surface area contributed by atoms with Crippen LogP contribution >= 0.6 is 24.0 Å². The number of nitrogens with zero attached hydrogens (tertiary/aromatic N) is 4. The monoisotopic (exact) mass is 548 g/mol. The minimum atomic E-state index is 0. The number of ether oxygens (including phenoxy) is 1. The highest BCUT2D eigenvalue weighted by atomic mass is 127. The fraction of sp³-hybridized carbons (Fsp3) is 0.333. The van der Waals surface area contributed by atoms with Crippen LogP contribution in [0.4, 0.5) is 0 Å². The summed E-state index contributed by atoms with van der Waals surface area (Å²) in [5.74, 6) is 2.40. The molecular weight excluding hydrogens is 515 g/mol. The molecule has 0 spiro atoms. The van der Waals surface area contributed by atoms with Gasteiger partial charge in [0.05, 0.1) is 12.2 Å². The topological polar surface area (TPSA) is 66.7 Å². The molecule has 7 nitrogen and oxygen atoms in total. The predicted molar refractivity (Wildman–Crippen MR) is 141 cm³/mol. The number of hydrogen-bond acceptors (Lipinski definition) is 4. The quantitative estimate of drug-likeness (QED) is 0.252. The molecule has 172 valence electrons. The van der Waals surface area contributed by atoms with Crippen LogP contribution in [0, 0.1) is 6.92 Å². The Balaban J connectivity index is 0.00000363. The number of para-hydroxylation sites is 1. The second-order valence-corrected chi connectivity index (χ2v) is 7.76. The van der Waals surface area contributed by atoms with Gasteiger partial charge in [0.25, 0.3) is 0 Å². The number of likely N-dealkylation sites (N-methyl/N-ethyl adjacent to an activating group) is 1. The summed E-state index contributed by atoms with van der Waals surface area (Å²) in [6, 6.07) is 16.3. The molecule has 1 aromatic heterocycles. The number of hydrogen-bond donors (Lipinski definition) is 2. The van der Waals surface area contributed by atoms with Gasteiger partial charge < -0.3 is 20.3 Å². The fourth-order valence-electron chi connectivity index (χ4n) is 3.32. The molecule has 2 aromatic carbocycles. The van der Waals surface area contributed by atoms with Crippen LogP contribution in [0.1, 0.15) is 22.7 Å². The Hall–Kier alpha value is -2.59. The van der Waals surface area contributed by atoms with Crippen molar-refractivity contribution in [2.45, 2.75) is 19.5 Å². The number of aliphatic imine (C=N–C) groups is 1. The zero-order valence-corrected chi connectivity index (χ0v) is 21.7. The third-order valence-electron chi connectivity index (χ3n) is 5.06. The third kappa shape index (κ3) is 7.23. The normalized spacial score (nSPS) is 12.2. The van der Waals surface area contributed by atoms with E-state index in [9.17, 15) is 0 Å². The molecule has 3 rings (SSSR count). The van der Waals surface area contributed by atoms with Crippen molar-refractivity contribution in [3.05, 3.63) is 77.6 Å². The SMILES string of the molecule is CN=C(NCc1ccc(C)cc1Oc1ccccc1)NCC(c1cnn(C)c1)N(C)C.I. The summed E-state index contributed by atoms with van der Waals surface area (Å²) in [7, 11) is 7.84. The summed E-state index contributed by atoms with van der Waals surface area (Å²) in [6.07, 6.45) is 3.95. The van der Waals surface area contributed by atoms with Gasteiger partial charge >= 0.3 is 0 Å². The van der Waals surface area contributed by atoms with Gasteiger partial charge in [-0.15, -0.1) is 24.0 Å². The largest absolute Gasteiger partial charge is 0.457 e. The smallest absolute Gasteiger partial charge is 0.191 e. The van der Waals surface area contributed by atoms with Crippen molar-refractivity contribution in [1.29, 1.82) is 0 Å². The zero-order valence-electron chi connectivity index (χ0n) is 19.4. The van der Waals surface area contributed by atoms with E-state index in [2.05, 4.69) is 64.8 Å². The predicted octanol–water partition coefficient (Wildman–Crippen LogP) is 4.11. The fourth-order valence-corrected chi connectivity index (χ4v) is 3.32. The molecule has 1 atom stereocenters. The lowest BCUT2D eigenvalue weighted by molar-refractivity contribution is 0.298. The molecule has 1 unspecified atom stereocenters. The maximum absolute atomic E-state index is 6.13. The van der Waals surface area contributed by atoms with Gasteiger partial charge in [0.2, 0.25) is 0 Å². The first kappa shape index (κ1) is 25.7. The summed E-state index contributed by atoms with van der Waals surface area (Å²) in [5, 5.41) is 11.1. The number of aromatic nitrogens is 2. The summed E-state index contributed by atoms with van der Waals surface area (Å²) in [5.41, 5.74) is 3.38. The molecule has 0 amide bonds. The summed E-state index contributed by atoms with van der Waals surface area (Å²) in [4.78, 5) is 6.55. The maximum atomic E-state index is 6.13. The lowest BCUT2D eigenvalue weighted by atomic mass is 10.1. The molecule has 3 aromatic rings. The van der Waals surface area contributed by atoms with Crippen LogP contribution in [0.5, 0.6) is 11.5 Å². The standard InChI is InChI=1S/C24H32N6O.HI/c1-18-11-12-19(23(13-18)31-21-9-7-6-8-10-21)14-26-24(25-2)27-16-22(29(3)4)20-15-28-30(5)17-20;/h6-13,15,17,22H,14,16H2,1-5H3,(H2,25,26,27);1H. The highest BCUT2D eigenvalue weighted by Crippen LogP contribution is 2.26. The van der Waals surface area contributed by atoms with Gasteiger partial charge in [0.1, 0.15) is 11.5 Å². The first-order valence-electron chi connectivity index (χ1n) is 10.4. The molecule has 0 aliphatic rings. The van der Waals surface area contributed by atoms with Gasteiger partial charge in [-0.1, -0.05) is 30.3 Å². The summed E-state index contributed by atoms with van der Waals surface area (Å²) in [6.45, 7) is 3.37. The average Bonchev–Trinajstić information content (AvgIpc) is 3.18. The van der Waals surface area contributed by atoms with Gasteiger partial charge in [0, 0.05) is 44.5 Å². The Morgan fingerprint density at radius 2 is 1.91 bits per heavy atom. The Morgan fingerprint density at radius 3 is 2.53 bits per heavy atom. The third-order valence-corrected chi connectivity index (χ3v) is 5.06. The molecule has 0 bridgehead atoms. The number of benzene rings is 2. The van der Waals surface area contributed by atoms with Crippen molar-refractivity contribution >= 4 is 29.9 Å². The first-order valence-corrected chi connectivity index (χ1v) is 10.4. The Morgan fingerprint density at radius 1 is 1.16 bits per heavy atom. The maximum Gasteiger partial charge on any atom is 0.191 e. The molecule has 32 heavy (non-hydrogen) atoms. The minimum Gasteiger partial charge on any atom is -0.457 e. The van der Waals surface area contributed by atoms with E-state index in [1.54, 1.807) is 7.05 Å². The molecule has 2 N–H and O–H groups in total. The van der Waals surface area contributed by atoms with Crippen LogP contribution in [0.25, 0.3) is 0 Å². The van der Waals surface area contributed by atoms with Gasteiger partial charge in [0.15, 0.2) is 5.96 Å². The van der Waals surface area contributed by atoms with Crippen molar-refractivity contribution in [2.24, 2.45) is 12.0 Å². The van der Waals surface area contributed by atoms with Crippen molar-refractivity contribution in [3.8, 4) is 11.5 Å². The molecule has 0 saturated carbocycles. The van der Waals surface area contributed by atoms with Crippen LogP contribution < -0.4 is 15.4 Å². The van der Waals surface area contributed by atoms with Crippen LogP contribution in [0.2, 0.25) is 0 Å². The Bertz CT molecular complexity index is 1000. The first-order chi connectivity index (χ1) is 15.0. The number of rotatable bonds is 8. The van der Waals surface area contributed by atoms with E-state index in [1.165, 1.54) is 0 Å². The lowest BCUT2D eigenvalue weighted by Gasteiger charge is -2.24. The molecule has 0 aliphatic carbocycles. The molecule has 1 heterocycles. The number of nitrogens with one attached hydrogen (secondary N) is 2. The number of halogens is 1. The molecule has 0 saturated heterocycles. The van der Waals surface area contributed by atoms with Crippen LogP contribution in [0.3, 0.4) is 0 Å². The minimum absolute atomic E-state index is 0. The summed E-state index contributed by atoms with van der Waals surface area (Å²) >= 11 is 0. The zero-order chi connectivity index (χ0) is 22.2. The number of aryl methyl sites for hydroxylation is 2. The highest BCUT2D eigenvalue weighted by molar-refractivity contribution is 14.0. The van der Waals surface area contributed by atoms with E-state index in [0.29, 0.717) is 13.1 Å². The molecule has 8 heteroatoms. The summed E-state index contributed by atoms with van der Waals surface area (Å²) < 4.78 is 7.95. The van der Waals surface area contributed by atoms with E-state index in [4.69, 9.17) is 4.74 Å². The van der Waals surface area contributed by atoms with Crippen molar-refractivity contribution in [2.75, 3.05) is 27.7 Å². The Kier molecular flexibility index (Phi) is 9.98. The van der Waals surface area contributed by atoms with Gasteiger partial charge in [-0.25, -0.2) is 0 Å². The highest BCUT2D eigenvalue weighted by Gasteiger charge is 2.16. The van der Waals surface area contributed by atoms with E-state index in [-0.39, 0.29) is 30.0 Å². The van der Waals surface area contributed by atoms with Crippen LogP contribution in [-0.4, -0.2) is 48.3 Å². The van der Waals surface area contributed by atoms with Gasteiger partial charge in [-0.3, -0.25) is 9.67 Å². The van der Waals surface area contributed by atoms with E-state index in [1.807, 2.05) is 54.5 Å². The van der Waals surface area contributed by atoms with Crippen molar-refractivity contribution < 1.29 is 4.74 Å². The van der Waals surface area contributed by atoms with Crippen LogP contribution in [-0.2, 0) is 13.6 Å². The molecular formula is C24H33IN6O. The van der Waals surface area contributed by atoms with E-state index >= 15 is 0 Å². The van der Waals surface area contributed by atoms with Crippen molar-refractivity contribution in [1.82, 2.24) is 25.3 Å². The second-order valence-electron chi connectivity index (χ2n) is 7.76. The lowest BCUT2D eigenvalue weighted by Crippen LogP contribution is -2.41. The molecule has 0 aliphatic heterocycles.